The summed E-state index contributed by atoms with van der Waals surface area (Å²) < 4.78 is 11.1. The van der Waals surface area contributed by atoms with Gasteiger partial charge in [-0.3, -0.25) is 4.79 Å². The standard InChI is InChI=1S/C26H32O11/c27-10-17-19(30)21(32)23(34)25(36-17)13-6-4-12(5-7-13)8-16(29)14-2-1-3-15(9-14)26-24(35)22(33)20(31)18(11-28)37-26/h1-7,9,17-28,30-35H,8,10-11H2/t17-,18-,19-,20-,21+,22+,23+,24+,25-,26-/m1/s1. The summed E-state index contributed by atoms with van der Waals surface area (Å²) in [6.07, 6.45) is -12.9. The minimum atomic E-state index is -1.53. The van der Waals surface area contributed by atoms with Crippen molar-refractivity contribution in [1.29, 1.82) is 0 Å². The van der Waals surface area contributed by atoms with Crippen molar-refractivity contribution in [3.8, 4) is 0 Å². The quantitative estimate of drug-likeness (QED) is 0.191. The molecule has 37 heavy (non-hydrogen) atoms. The van der Waals surface area contributed by atoms with Crippen LogP contribution < -0.4 is 0 Å². The summed E-state index contributed by atoms with van der Waals surface area (Å²) in [4.78, 5) is 13.0. The van der Waals surface area contributed by atoms with Crippen LogP contribution in [0.1, 0.15) is 39.3 Å². The Morgan fingerprint density at radius 1 is 0.649 bits per heavy atom. The van der Waals surface area contributed by atoms with Gasteiger partial charge in [0, 0.05) is 12.0 Å². The van der Waals surface area contributed by atoms with E-state index in [1.807, 2.05) is 0 Å². The molecule has 0 bridgehead atoms. The van der Waals surface area contributed by atoms with E-state index in [9.17, 15) is 45.6 Å². The van der Waals surface area contributed by atoms with E-state index in [0.29, 0.717) is 22.3 Å². The Labute approximate surface area is 212 Å². The van der Waals surface area contributed by atoms with E-state index in [-0.39, 0.29) is 12.2 Å². The first-order valence-corrected chi connectivity index (χ1v) is 12.0. The zero-order valence-electron chi connectivity index (χ0n) is 19.8. The Morgan fingerprint density at radius 2 is 1.16 bits per heavy atom. The van der Waals surface area contributed by atoms with E-state index in [2.05, 4.69) is 0 Å². The molecule has 2 aromatic carbocycles. The highest BCUT2D eigenvalue weighted by Gasteiger charge is 2.45. The number of rotatable bonds is 7. The molecule has 2 heterocycles. The zero-order chi connectivity index (χ0) is 26.9. The van der Waals surface area contributed by atoms with Gasteiger partial charge in [0.2, 0.25) is 0 Å². The van der Waals surface area contributed by atoms with Gasteiger partial charge in [-0.25, -0.2) is 0 Å². The molecular formula is C26H32O11. The molecule has 10 atom stereocenters. The molecule has 2 aromatic rings. The number of hydrogen-bond acceptors (Lipinski definition) is 11. The lowest BCUT2D eigenvalue weighted by Crippen LogP contribution is -2.55. The second-order valence-corrected chi connectivity index (χ2v) is 9.47. The van der Waals surface area contributed by atoms with Gasteiger partial charge in [0.15, 0.2) is 5.78 Å². The van der Waals surface area contributed by atoms with E-state index in [4.69, 9.17) is 9.47 Å². The number of benzene rings is 2. The summed E-state index contributed by atoms with van der Waals surface area (Å²) in [5, 5.41) is 79.5. The van der Waals surface area contributed by atoms with Crippen molar-refractivity contribution >= 4 is 5.78 Å². The van der Waals surface area contributed by atoms with Crippen molar-refractivity contribution in [2.24, 2.45) is 0 Å². The Bertz CT molecular complexity index is 1060. The molecule has 2 fully saturated rings. The maximum absolute atomic E-state index is 13.0. The Hall–Kier alpha value is -2.29. The molecule has 8 N–H and O–H groups in total. The molecule has 0 aromatic heterocycles. The van der Waals surface area contributed by atoms with Gasteiger partial charge in [-0.15, -0.1) is 0 Å². The van der Waals surface area contributed by atoms with Crippen molar-refractivity contribution in [3.05, 3.63) is 70.8 Å². The third kappa shape index (κ3) is 5.61. The lowest BCUT2D eigenvalue weighted by Gasteiger charge is -2.40. The summed E-state index contributed by atoms with van der Waals surface area (Å²) in [6, 6.07) is 12.9. The van der Waals surface area contributed by atoms with Crippen LogP contribution in [0.2, 0.25) is 0 Å². The molecule has 4 rings (SSSR count). The number of ether oxygens (including phenoxy) is 2. The molecule has 0 unspecified atom stereocenters. The number of aliphatic hydroxyl groups is 8. The average molecular weight is 521 g/mol. The highest BCUT2D eigenvalue weighted by molar-refractivity contribution is 5.97. The number of hydrogen-bond donors (Lipinski definition) is 8. The third-order valence-corrected chi connectivity index (χ3v) is 6.99. The molecule has 2 aliphatic heterocycles. The van der Waals surface area contributed by atoms with Gasteiger partial charge in [0.05, 0.1) is 13.2 Å². The minimum absolute atomic E-state index is 0.0209. The molecule has 2 saturated heterocycles. The van der Waals surface area contributed by atoms with E-state index in [1.54, 1.807) is 42.5 Å². The molecule has 11 heteroatoms. The highest BCUT2D eigenvalue weighted by atomic mass is 16.6. The molecule has 0 radical (unpaired) electrons. The Kier molecular flexibility index (Phi) is 8.71. The van der Waals surface area contributed by atoms with Crippen LogP contribution in [0, 0.1) is 0 Å². The van der Waals surface area contributed by atoms with Gasteiger partial charge >= 0.3 is 0 Å². The van der Waals surface area contributed by atoms with Crippen LogP contribution in [0.3, 0.4) is 0 Å². The highest BCUT2D eigenvalue weighted by Crippen LogP contribution is 2.34. The van der Waals surface area contributed by atoms with E-state index >= 15 is 0 Å². The maximum Gasteiger partial charge on any atom is 0.167 e. The monoisotopic (exact) mass is 520 g/mol. The van der Waals surface area contributed by atoms with Crippen LogP contribution in [0.25, 0.3) is 0 Å². The first-order chi connectivity index (χ1) is 17.7. The molecule has 0 spiro atoms. The van der Waals surface area contributed by atoms with Crippen molar-refractivity contribution in [2.75, 3.05) is 13.2 Å². The van der Waals surface area contributed by atoms with Gasteiger partial charge in [0.1, 0.15) is 61.0 Å². The zero-order valence-corrected chi connectivity index (χ0v) is 19.8. The van der Waals surface area contributed by atoms with Crippen LogP contribution in [0.4, 0.5) is 0 Å². The molecule has 11 nitrogen and oxygen atoms in total. The van der Waals surface area contributed by atoms with E-state index in [1.165, 1.54) is 6.07 Å². The summed E-state index contributed by atoms with van der Waals surface area (Å²) in [5.74, 6) is -0.243. The normalized spacial score (nSPS) is 36.3. The van der Waals surface area contributed by atoms with Crippen LogP contribution in [0.15, 0.2) is 48.5 Å². The first kappa shape index (κ1) is 27.7. The molecule has 202 valence electrons. The predicted octanol–water partition coefficient (Wildman–Crippen LogP) is -1.86. The minimum Gasteiger partial charge on any atom is -0.394 e. The first-order valence-electron chi connectivity index (χ1n) is 12.0. The van der Waals surface area contributed by atoms with Gasteiger partial charge in [-0.2, -0.15) is 0 Å². The van der Waals surface area contributed by atoms with E-state index in [0.717, 1.165) is 0 Å². The number of carbonyl (C=O) groups excluding carboxylic acids is 1. The Morgan fingerprint density at radius 3 is 1.68 bits per heavy atom. The number of carbonyl (C=O) groups is 1. The molecule has 2 aliphatic rings. The second-order valence-electron chi connectivity index (χ2n) is 9.47. The fourth-order valence-electron chi connectivity index (χ4n) is 4.76. The smallest absolute Gasteiger partial charge is 0.167 e. The van der Waals surface area contributed by atoms with Crippen molar-refractivity contribution < 1.29 is 55.1 Å². The van der Waals surface area contributed by atoms with Crippen LogP contribution >= 0.6 is 0 Å². The third-order valence-electron chi connectivity index (χ3n) is 6.99. The topological polar surface area (TPSA) is 197 Å². The van der Waals surface area contributed by atoms with Gasteiger partial charge in [-0.1, -0.05) is 42.5 Å². The summed E-state index contributed by atoms with van der Waals surface area (Å²) >= 11 is 0. The number of ketones is 1. The molecule has 0 aliphatic carbocycles. The lowest BCUT2D eigenvalue weighted by atomic mass is 9.89. The largest absolute Gasteiger partial charge is 0.394 e. The molecule has 0 saturated carbocycles. The van der Waals surface area contributed by atoms with Crippen LogP contribution in [-0.2, 0) is 15.9 Å². The van der Waals surface area contributed by atoms with E-state index < -0.39 is 74.3 Å². The predicted molar refractivity (Wildman–Crippen MR) is 126 cm³/mol. The van der Waals surface area contributed by atoms with Gasteiger partial charge in [0.25, 0.3) is 0 Å². The maximum atomic E-state index is 13.0. The van der Waals surface area contributed by atoms with Crippen molar-refractivity contribution in [1.82, 2.24) is 0 Å². The molecule has 0 amide bonds. The van der Waals surface area contributed by atoms with Crippen molar-refractivity contribution in [3.63, 3.8) is 0 Å². The van der Waals surface area contributed by atoms with Crippen molar-refractivity contribution in [2.45, 2.75) is 67.5 Å². The lowest BCUT2D eigenvalue weighted by molar-refractivity contribution is -0.231. The fourth-order valence-corrected chi connectivity index (χ4v) is 4.76. The summed E-state index contributed by atoms with van der Waals surface area (Å²) in [7, 11) is 0. The SMILES string of the molecule is O=C(Cc1ccc([C@H]2O[C@H](CO)[C@@H](O)[C@H](O)[C@@H]2O)cc1)c1cccc([C@H]2O[C@H](CO)[C@@H](O)[C@H](O)[C@@H]2O)c1. The average Bonchev–Trinajstić information content (AvgIpc) is 2.91. The summed E-state index contributed by atoms with van der Waals surface area (Å²) in [6.45, 7) is -1.09. The van der Waals surface area contributed by atoms with Gasteiger partial charge in [-0.05, 0) is 22.8 Å². The fraction of sp³-hybridized carbons (Fsp3) is 0.500. The van der Waals surface area contributed by atoms with Crippen LogP contribution in [0.5, 0.6) is 0 Å². The number of aliphatic hydroxyl groups excluding tert-OH is 8. The van der Waals surface area contributed by atoms with Crippen LogP contribution in [-0.4, -0.2) is 109 Å². The van der Waals surface area contributed by atoms with Gasteiger partial charge < -0.3 is 50.3 Å². The number of Topliss-reactive ketones (excluding diaryl/α,β-unsaturated/α-hetero) is 1. The summed E-state index contributed by atoms with van der Waals surface area (Å²) in [5.41, 5.74) is 1.88. The second kappa shape index (κ2) is 11.6. The molecular weight excluding hydrogens is 488 g/mol. The Balaban J connectivity index is 1.46.